The van der Waals surface area contributed by atoms with E-state index in [-0.39, 0.29) is 18.3 Å². The molecule has 3 rings (SSSR count). The minimum absolute atomic E-state index is 0. The second-order valence-electron chi connectivity index (χ2n) is 5.56. The van der Waals surface area contributed by atoms with Crippen LogP contribution in [0.1, 0.15) is 36.0 Å². The maximum atomic E-state index is 12.3. The monoisotopic (exact) mass is 378 g/mol. The summed E-state index contributed by atoms with van der Waals surface area (Å²) in [4.78, 5) is 14.3. The Bertz CT molecular complexity index is 456. The predicted molar refractivity (Wildman–Crippen MR) is 88.9 cm³/mol. The van der Waals surface area contributed by atoms with Crippen LogP contribution in [0.3, 0.4) is 0 Å². The van der Waals surface area contributed by atoms with Crippen molar-refractivity contribution in [2.45, 2.75) is 31.7 Å². The normalized spacial score (nSPS) is 19.8. The molecule has 1 amide bonds. The number of nitrogens with one attached hydrogen (secondary N) is 1. The second-order valence-corrected chi connectivity index (χ2v) is 7.85. The second kappa shape index (κ2) is 7.25. The Labute approximate surface area is 138 Å². The van der Waals surface area contributed by atoms with E-state index >= 15 is 0 Å². The molecule has 1 aromatic rings. The standard InChI is InChI=1S/C14H19BrN2OS.ClH/c15-13-7-11(9-19-13)14(18)17-5-3-12(4-6-17)16-8-10-1-2-10;/h7,9-10,12,16H,1-6,8H2;1H. The van der Waals surface area contributed by atoms with Gasteiger partial charge in [0.15, 0.2) is 0 Å². The summed E-state index contributed by atoms with van der Waals surface area (Å²) in [5, 5.41) is 5.58. The lowest BCUT2D eigenvalue weighted by Crippen LogP contribution is -2.45. The van der Waals surface area contributed by atoms with E-state index < -0.39 is 0 Å². The molecule has 2 fully saturated rings. The van der Waals surface area contributed by atoms with Crippen molar-refractivity contribution in [1.29, 1.82) is 0 Å². The number of thiophene rings is 1. The number of likely N-dealkylation sites (tertiary alicyclic amines) is 1. The van der Waals surface area contributed by atoms with Gasteiger partial charge in [-0.1, -0.05) is 0 Å². The summed E-state index contributed by atoms with van der Waals surface area (Å²) >= 11 is 4.98. The van der Waals surface area contributed by atoms with Crippen molar-refractivity contribution in [2.75, 3.05) is 19.6 Å². The molecule has 1 N–H and O–H groups in total. The summed E-state index contributed by atoms with van der Waals surface area (Å²) in [6.07, 6.45) is 4.97. The molecular formula is C14H20BrClN2OS. The third kappa shape index (κ3) is 4.20. The lowest BCUT2D eigenvalue weighted by atomic mass is 10.0. The lowest BCUT2D eigenvalue weighted by molar-refractivity contribution is 0.0705. The molecule has 6 heteroatoms. The fourth-order valence-corrected chi connectivity index (χ4v) is 3.68. The minimum Gasteiger partial charge on any atom is -0.339 e. The van der Waals surface area contributed by atoms with E-state index in [9.17, 15) is 4.79 Å². The van der Waals surface area contributed by atoms with E-state index in [0.717, 1.165) is 41.2 Å². The molecule has 1 aliphatic carbocycles. The number of rotatable bonds is 4. The zero-order chi connectivity index (χ0) is 13.2. The lowest BCUT2D eigenvalue weighted by Gasteiger charge is -2.32. The Morgan fingerprint density at radius 2 is 2.05 bits per heavy atom. The molecule has 20 heavy (non-hydrogen) atoms. The first-order chi connectivity index (χ1) is 9.22. The van der Waals surface area contributed by atoms with E-state index in [4.69, 9.17) is 0 Å². The van der Waals surface area contributed by atoms with Crippen LogP contribution in [0.2, 0.25) is 0 Å². The summed E-state index contributed by atoms with van der Waals surface area (Å²) in [6, 6.07) is 2.53. The van der Waals surface area contributed by atoms with Crippen LogP contribution in [0.4, 0.5) is 0 Å². The Hall–Kier alpha value is -0.100. The molecule has 3 nitrogen and oxygen atoms in total. The fraction of sp³-hybridized carbons (Fsp3) is 0.643. The molecule has 0 aromatic carbocycles. The Morgan fingerprint density at radius 1 is 1.35 bits per heavy atom. The molecule has 0 bridgehead atoms. The maximum Gasteiger partial charge on any atom is 0.254 e. The van der Waals surface area contributed by atoms with Gasteiger partial charge in [0.05, 0.1) is 9.35 Å². The van der Waals surface area contributed by atoms with Crippen molar-refractivity contribution in [3.63, 3.8) is 0 Å². The van der Waals surface area contributed by atoms with Crippen molar-refractivity contribution in [3.05, 3.63) is 20.8 Å². The number of hydrogen-bond acceptors (Lipinski definition) is 3. The van der Waals surface area contributed by atoms with Crippen LogP contribution in [0.15, 0.2) is 15.2 Å². The summed E-state index contributed by atoms with van der Waals surface area (Å²) in [6.45, 7) is 2.94. The van der Waals surface area contributed by atoms with Crippen LogP contribution in [0.5, 0.6) is 0 Å². The van der Waals surface area contributed by atoms with Gasteiger partial charge in [-0.3, -0.25) is 4.79 Å². The van der Waals surface area contributed by atoms with Gasteiger partial charge in [-0.2, -0.15) is 0 Å². The van der Waals surface area contributed by atoms with Crippen LogP contribution in [0.25, 0.3) is 0 Å². The summed E-state index contributed by atoms with van der Waals surface area (Å²) in [5.74, 6) is 1.12. The van der Waals surface area contributed by atoms with Crippen LogP contribution >= 0.6 is 39.7 Å². The number of carbonyl (C=O) groups is 1. The molecule has 2 heterocycles. The summed E-state index contributed by atoms with van der Waals surface area (Å²) < 4.78 is 1.02. The zero-order valence-electron chi connectivity index (χ0n) is 11.3. The number of piperidine rings is 1. The Kier molecular flexibility index (Phi) is 5.90. The third-order valence-electron chi connectivity index (χ3n) is 3.99. The van der Waals surface area contributed by atoms with Gasteiger partial charge in [0.1, 0.15) is 0 Å². The van der Waals surface area contributed by atoms with Gasteiger partial charge in [0.2, 0.25) is 0 Å². The van der Waals surface area contributed by atoms with E-state index in [2.05, 4.69) is 21.2 Å². The van der Waals surface area contributed by atoms with Crippen molar-refractivity contribution in [1.82, 2.24) is 10.2 Å². The van der Waals surface area contributed by atoms with Gasteiger partial charge in [0, 0.05) is 24.5 Å². The predicted octanol–water partition coefficient (Wildman–Crippen LogP) is 3.54. The van der Waals surface area contributed by atoms with Crippen molar-refractivity contribution >= 4 is 45.6 Å². The molecule has 112 valence electrons. The molecule has 0 unspecified atom stereocenters. The number of nitrogens with zero attached hydrogens (tertiary/aromatic N) is 1. The highest BCUT2D eigenvalue weighted by Crippen LogP contribution is 2.28. The molecule has 2 aliphatic rings. The molecule has 0 spiro atoms. The quantitative estimate of drug-likeness (QED) is 0.868. The first-order valence-electron chi connectivity index (χ1n) is 6.99. The first kappa shape index (κ1) is 16.3. The van der Waals surface area contributed by atoms with Gasteiger partial charge < -0.3 is 10.2 Å². The molecule has 1 aromatic heterocycles. The smallest absolute Gasteiger partial charge is 0.254 e. The van der Waals surface area contributed by atoms with Gasteiger partial charge in [-0.05, 0) is 60.1 Å². The molecule has 1 saturated carbocycles. The van der Waals surface area contributed by atoms with E-state index in [1.807, 2.05) is 16.3 Å². The van der Waals surface area contributed by atoms with Crippen molar-refractivity contribution in [3.8, 4) is 0 Å². The number of halogens is 2. The van der Waals surface area contributed by atoms with Crippen LogP contribution in [-0.2, 0) is 0 Å². The van der Waals surface area contributed by atoms with Crippen molar-refractivity contribution < 1.29 is 4.79 Å². The number of amides is 1. The molecule has 1 aliphatic heterocycles. The van der Waals surface area contributed by atoms with Crippen LogP contribution in [0, 0.1) is 5.92 Å². The highest BCUT2D eigenvalue weighted by Gasteiger charge is 2.26. The highest BCUT2D eigenvalue weighted by atomic mass is 79.9. The fourth-order valence-electron chi connectivity index (χ4n) is 2.55. The van der Waals surface area contributed by atoms with Gasteiger partial charge in [-0.25, -0.2) is 0 Å². The Balaban J connectivity index is 0.00000147. The zero-order valence-corrected chi connectivity index (χ0v) is 14.5. The third-order valence-corrected chi connectivity index (χ3v) is 5.49. The maximum absolute atomic E-state index is 12.3. The highest BCUT2D eigenvalue weighted by molar-refractivity contribution is 9.11. The minimum atomic E-state index is 0. The van der Waals surface area contributed by atoms with Crippen molar-refractivity contribution in [2.24, 2.45) is 5.92 Å². The van der Waals surface area contributed by atoms with Crippen LogP contribution in [-0.4, -0.2) is 36.5 Å². The van der Waals surface area contributed by atoms with Gasteiger partial charge in [-0.15, -0.1) is 23.7 Å². The van der Waals surface area contributed by atoms with Gasteiger partial charge in [0.25, 0.3) is 5.91 Å². The largest absolute Gasteiger partial charge is 0.339 e. The summed E-state index contributed by atoms with van der Waals surface area (Å²) in [7, 11) is 0. The van der Waals surface area contributed by atoms with Gasteiger partial charge >= 0.3 is 0 Å². The van der Waals surface area contributed by atoms with E-state index in [1.165, 1.54) is 19.4 Å². The first-order valence-corrected chi connectivity index (χ1v) is 8.66. The number of hydrogen-bond donors (Lipinski definition) is 1. The molecule has 0 atom stereocenters. The van der Waals surface area contributed by atoms with Crippen LogP contribution < -0.4 is 5.32 Å². The molecule has 1 saturated heterocycles. The Morgan fingerprint density at radius 3 is 2.60 bits per heavy atom. The van der Waals surface area contributed by atoms with E-state index in [1.54, 1.807) is 11.3 Å². The van der Waals surface area contributed by atoms with E-state index in [0.29, 0.717) is 6.04 Å². The molecular weight excluding hydrogens is 360 g/mol. The topological polar surface area (TPSA) is 32.3 Å². The average Bonchev–Trinajstić information content (AvgIpc) is 3.17. The SMILES string of the molecule is Cl.O=C(c1csc(Br)c1)N1CCC(NCC2CC2)CC1. The summed E-state index contributed by atoms with van der Waals surface area (Å²) in [5.41, 5.74) is 0.821. The molecule has 0 radical (unpaired) electrons. The average molecular weight is 380 g/mol. The number of carbonyl (C=O) groups excluding carboxylic acids is 1.